The number of nitrogens with zero attached hydrogens (tertiary/aromatic N) is 1. The van der Waals surface area contributed by atoms with Crippen molar-refractivity contribution in [1.29, 1.82) is 0 Å². The summed E-state index contributed by atoms with van der Waals surface area (Å²) in [5, 5.41) is 2.98. The second kappa shape index (κ2) is 5.58. The normalized spacial score (nSPS) is 24.3. The van der Waals surface area contributed by atoms with Crippen LogP contribution in [0.25, 0.3) is 11.1 Å². The molecule has 1 amide bonds. The van der Waals surface area contributed by atoms with Crippen molar-refractivity contribution < 1.29 is 4.79 Å². The zero-order chi connectivity index (χ0) is 14.9. The molecule has 2 atom stereocenters. The van der Waals surface area contributed by atoms with E-state index in [-0.39, 0.29) is 11.8 Å². The molecule has 2 fully saturated rings. The predicted octanol–water partition coefficient (Wildman–Crippen LogP) is 2.53. The second-order valence-electron chi connectivity index (χ2n) is 6.33. The van der Waals surface area contributed by atoms with E-state index in [2.05, 4.69) is 58.7 Å². The molecule has 2 aliphatic heterocycles. The number of amides is 1. The van der Waals surface area contributed by atoms with E-state index in [1.807, 2.05) is 6.07 Å². The first kappa shape index (κ1) is 13.5. The summed E-state index contributed by atoms with van der Waals surface area (Å²) >= 11 is 0. The number of likely N-dealkylation sites (tertiary alicyclic amines) is 1. The van der Waals surface area contributed by atoms with E-state index in [0.717, 1.165) is 26.2 Å². The van der Waals surface area contributed by atoms with Crippen LogP contribution in [0.5, 0.6) is 0 Å². The van der Waals surface area contributed by atoms with Crippen molar-refractivity contribution in [2.75, 3.05) is 19.6 Å². The van der Waals surface area contributed by atoms with Gasteiger partial charge in [0, 0.05) is 32.1 Å². The molecule has 0 unspecified atom stereocenters. The average molecular weight is 292 g/mol. The lowest BCUT2D eigenvalue weighted by atomic mass is 9.99. The number of carbonyl (C=O) groups excluding carboxylic acids is 1. The SMILES string of the molecule is O=C1NC[C@H]2CN(Cc3ccccc3-c3ccccc3)C[C@@H]12. The third kappa shape index (κ3) is 2.42. The van der Waals surface area contributed by atoms with Gasteiger partial charge in [0.2, 0.25) is 5.91 Å². The molecular formula is C19H20N2O. The molecule has 0 aliphatic carbocycles. The molecule has 0 radical (unpaired) electrons. The first-order valence-corrected chi connectivity index (χ1v) is 7.94. The van der Waals surface area contributed by atoms with E-state index in [4.69, 9.17) is 0 Å². The van der Waals surface area contributed by atoms with Gasteiger partial charge < -0.3 is 5.32 Å². The molecular weight excluding hydrogens is 272 g/mol. The molecule has 22 heavy (non-hydrogen) atoms. The van der Waals surface area contributed by atoms with Crippen LogP contribution in [0.15, 0.2) is 54.6 Å². The van der Waals surface area contributed by atoms with Crippen molar-refractivity contribution >= 4 is 5.91 Å². The molecule has 4 rings (SSSR count). The van der Waals surface area contributed by atoms with Crippen LogP contribution in [0.3, 0.4) is 0 Å². The number of hydrogen-bond acceptors (Lipinski definition) is 2. The number of benzene rings is 2. The van der Waals surface area contributed by atoms with Gasteiger partial charge in [-0.05, 0) is 16.7 Å². The van der Waals surface area contributed by atoms with Crippen molar-refractivity contribution in [3.05, 3.63) is 60.2 Å². The van der Waals surface area contributed by atoms with Gasteiger partial charge in [-0.15, -0.1) is 0 Å². The molecule has 0 spiro atoms. The fraction of sp³-hybridized carbons (Fsp3) is 0.316. The first-order valence-electron chi connectivity index (χ1n) is 7.94. The zero-order valence-electron chi connectivity index (χ0n) is 12.5. The predicted molar refractivity (Wildman–Crippen MR) is 87.1 cm³/mol. The van der Waals surface area contributed by atoms with Gasteiger partial charge in [-0.3, -0.25) is 9.69 Å². The van der Waals surface area contributed by atoms with Gasteiger partial charge in [-0.1, -0.05) is 54.6 Å². The lowest BCUT2D eigenvalue weighted by Crippen LogP contribution is -2.28. The van der Waals surface area contributed by atoms with Gasteiger partial charge in [-0.2, -0.15) is 0 Å². The summed E-state index contributed by atoms with van der Waals surface area (Å²) in [4.78, 5) is 14.2. The molecule has 0 aromatic heterocycles. The van der Waals surface area contributed by atoms with Crippen LogP contribution < -0.4 is 5.32 Å². The Labute approximate surface area is 131 Å². The third-order valence-electron chi connectivity index (χ3n) is 4.89. The minimum atomic E-state index is 0.198. The van der Waals surface area contributed by atoms with E-state index < -0.39 is 0 Å². The van der Waals surface area contributed by atoms with Crippen molar-refractivity contribution in [3.8, 4) is 11.1 Å². The molecule has 2 heterocycles. The monoisotopic (exact) mass is 292 g/mol. The Kier molecular flexibility index (Phi) is 3.43. The largest absolute Gasteiger partial charge is 0.355 e. The Morgan fingerprint density at radius 2 is 1.77 bits per heavy atom. The van der Waals surface area contributed by atoms with E-state index in [1.54, 1.807) is 0 Å². The number of fused-ring (bicyclic) bond motifs is 1. The summed E-state index contributed by atoms with van der Waals surface area (Å²) in [5.41, 5.74) is 3.90. The number of nitrogens with one attached hydrogen (secondary N) is 1. The van der Waals surface area contributed by atoms with E-state index >= 15 is 0 Å². The van der Waals surface area contributed by atoms with E-state index in [0.29, 0.717) is 5.92 Å². The van der Waals surface area contributed by atoms with Crippen LogP contribution in [0, 0.1) is 11.8 Å². The molecule has 3 heteroatoms. The highest BCUT2D eigenvalue weighted by molar-refractivity contribution is 5.81. The van der Waals surface area contributed by atoms with Gasteiger partial charge in [0.25, 0.3) is 0 Å². The standard InChI is InChI=1S/C19H20N2O/c22-19-18-13-21(12-16(18)10-20-19)11-15-8-4-5-9-17(15)14-6-2-1-3-7-14/h1-9,16,18H,10-13H2,(H,20,22)/t16-,18+/m0/s1. The van der Waals surface area contributed by atoms with E-state index in [1.165, 1.54) is 16.7 Å². The van der Waals surface area contributed by atoms with Crippen molar-refractivity contribution in [1.82, 2.24) is 10.2 Å². The van der Waals surface area contributed by atoms with Crippen LogP contribution >= 0.6 is 0 Å². The van der Waals surface area contributed by atoms with Crippen molar-refractivity contribution in [2.24, 2.45) is 11.8 Å². The van der Waals surface area contributed by atoms with Crippen LogP contribution in [0.1, 0.15) is 5.56 Å². The zero-order valence-corrected chi connectivity index (χ0v) is 12.5. The summed E-state index contributed by atoms with van der Waals surface area (Å²) in [7, 11) is 0. The van der Waals surface area contributed by atoms with Crippen LogP contribution in [0.4, 0.5) is 0 Å². The lowest BCUT2D eigenvalue weighted by Gasteiger charge is -2.19. The molecule has 0 bridgehead atoms. The smallest absolute Gasteiger partial charge is 0.224 e. The van der Waals surface area contributed by atoms with Gasteiger partial charge in [0.15, 0.2) is 0 Å². The topological polar surface area (TPSA) is 32.3 Å². The summed E-state index contributed by atoms with van der Waals surface area (Å²) < 4.78 is 0. The maximum Gasteiger partial charge on any atom is 0.224 e. The summed E-state index contributed by atoms with van der Waals surface area (Å²) in [6.07, 6.45) is 0. The Morgan fingerprint density at radius 3 is 2.59 bits per heavy atom. The Balaban J connectivity index is 1.56. The molecule has 2 aromatic carbocycles. The van der Waals surface area contributed by atoms with Crippen molar-refractivity contribution in [3.63, 3.8) is 0 Å². The number of hydrogen-bond donors (Lipinski definition) is 1. The highest BCUT2D eigenvalue weighted by Crippen LogP contribution is 2.30. The molecule has 2 aromatic rings. The van der Waals surface area contributed by atoms with Gasteiger partial charge >= 0.3 is 0 Å². The maximum atomic E-state index is 11.8. The maximum absolute atomic E-state index is 11.8. The van der Waals surface area contributed by atoms with Crippen LogP contribution in [-0.4, -0.2) is 30.4 Å². The fourth-order valence-electron chi connectivity index (χ4n) is 3.75. The summed E-state index contributed by atoms with van der Waals surface area (Å²) in [6.45, 7) is 3.68. The molecule has 2 aliphatic rings. The Morgan fingerprint density at radius 1 is 1.00 bits per heavy atom. The van der Waals surface area contributed by atoms with Gasteiger partial charge in [-0.25, -0.2) is 0 Å². The number of rotatable bonds is 3. The quantitative estimate of drug-likeness (QED) is 0.943. The summed E-state index contributed by atoms with van der Waals surface area (Å²) in [5.74, 6) is 0.934. The highest BCUT2D eigenvalue weighted by Gasteiger charge is 2.41. The lowest BCUT2D eigenvalue weighted by molar-refractivity contribution is -0.122. The Bertz CT molecular complexity index is 683. The summed E-state index contributed by atoms with van der Waals surface area (Å²) in [6, 6.07) is 19.1. The molecule has 2 saturated heterocycles. The second-order valence-corrected chi connectivity index (χ2v) is 6.33. The molecule has 112 valence electrons. The first-order chi connectivity index (χ1) is 10.8. The number of carbonyl (C=O) groups is 1. The average Bonchev–Trinajstić information content (AvgIpc) is 3.11. The Hall–Kier alpha value is -2.13. The third-order valence-corrected chi connectivity index (χ3v) is 4.89. The molecule has 0 saturated carbocycles. The van der Waals surface area contributed by atoms with Crippen LogP contribution in [-0.2, 0) is 11.3 Å². The minimum absolute atomic E-state index is 0.198. The van der Waals surface area contributed by atoms with Crippen molar-refractivity contribution in [2.45, 2.75) is 6.54 Å². The minimum Gasteiger partial charge on any atom is -0.355 e. The fourth-order valence-corrected chi connectivity index (χ4v) is 3.75. The highest BCUT2D eigenvalue weighted by atomic mass is 16.2. The van der Waals surface area contributed by atoms with Crippen LogP contribution in [0.2, 0.25) is 0 Å². The van der Waals surface area contributed by atoms with Gasteiger partial charge in [0.1, 0.15) is 0 Å². The molecule has 1 N–H and O–H groups in total. The van der Waals surface area contributed by atoms with E-state index in [9.17, 15) is 4.79 Å². The van der Waals surface area contributed by atoms with Gasteiger partial charge in [0.05, 0.1) is 5.92 Å². The molecule has 3 nitrogen and oxygen atoms in total.